The first-order valence-corrected chi connectivity index (χ1v) is 2.09. The molecule has 0 saturated carbocycles. The first kappa shape index (κ1) is 12.0. The average molecular weight is 158 g/mol. The molecule has 0 unspecified atom stereocenters. The lowest BCUT2D eigenvalue weighted by Gasteiger charge is -2.02. The Morgan fingerprint density at radius 1 is 1.50 bits per heavy atom. The van der Waals surface area contributed by atoms with E-state index in [1.807, 2.05) is 0 Å². The Labute approximate surface area is 57.0 Å². The van der Waals surface area contributed by atoms with Gasteiger partial charge in [-0.05, 0) is 0 Å². The zero-order valence-corrected chi connectivity index (χ0v) is 4.66. The van der Waals surface area contributed by atoms with Crippen LogP contribution in [0.15, 0.2) is 0 Å². The van der Waals surface area contributed by atoms with E-state index in [9.17, 15) is 18.0 Å². The summed E-state index contributed by atoms with van der Waals surface area (Å²) in [5.41, 5.74) is 0. The minimum absolute atomic E-state index is 0. The van der Waals surface area contributed by atoms with E-state index in [2.05, 4.69) is 4.74 Å². The van der Waals surface area contributed by atoms with Crippen molar-refractivity contribution in [3.8, 4) is 0 Å². The molecule has 0 atom stereocenters. The summed E-state index contributed by atoms with van der Waals surface area (Å²) in [5, 5.41) is 0. The molecular weight excluding hydrogens is 149 g/mol. The molecule has 62 valence electrons. The third kappa shape index (κ3) is 7.26. The number of halogens is 3. The predicted octanol–water partition coefficient (Wildman–Crippen LogP) is 1.75. The number of carbonyl (C=O) groups is 1. The minimum atomic E-state index is -4.45. The largest absolute Gasteiger partial charge is 0.469 e. The van der Waals surface area contributed by atoms with E-state index in [1.165, 1.54) is 0 Å². The van der Waals surface area contributed by atoms with Gasteiger partial charge >= 0.3 is 12.1 Å². The highest BCUT2D eigenvalue weighted by molar-refractivity contribution is 5.69. The highest BCUT2D eigenvalue weighted by Crippen LogP contribution is 2.19. The molecule has 0 aromatic rings. The summed E-state index contributed by atoms with van der Waals surface area (Å²) < 4.78 is 37.3. The van der Waals surface area contributed by atoms with Gasteiger partial charge in [-0.1, -0.05) is 7.43 Å². The van der Waals surface area contributed by atoms with Gasteiger partial charge in [0.1, 0.15) is 6.42 Å². The van der Waals surface area contributed by atoms with Gasteiger partial charge in [0, 0.05) is 0 Å². The molecule has 0 aromatic heterocycles. The van der Waals surface area contributed by atoms with Crippen molar-refractivity contribution in [3.63, 3.8) is 0 Å². The van der Waals surface area contributed by atoms with Crippen LogP contribution in [0.4, 0.5) is 13.2 Å². The van der Waals surface area contributed by atoms with E-state index in [0.29, 0.717) is 0 Å². The molecule has 0 heterocycles. The maximum atomic E-state index is 11.2. The molecule has 0 N–H and O–H groups in total. The third-order valence-electron chi connectivity index (χ3n) is 0.572. The fourth-order valence-corrected chi connectivity index (χ4v) is 0.236. The smallest absolute Gasteiger partial charge is 0.399 e. The lowest BCUT2D eigenvalue weighted by Crippen LogP contribution is -2.15. The van der Waals surface area contributed by atoms with Crippen molar-refractivity contribution in [3.05, 3.63) is 0 Å². The molecule has 0 rings (SSSR count). The molecule has 0 aliphatic carbocycles. The van der Waals surface area contributed by atoms with E-state index in [1.54, 1.807) is 0 Å². The summed E-state index contributed by atoms with van der Waals surface area (Å²) in [4.78, 5) is 9.89. The van der Waals surface area contributed by atoms with Gasteiger partial charge in [0.25, 0.3) is 0 Å². The Bertz CT molecular complexity index is 108. The number of hydrogen-bond acceptors (Lipinski definition) is 2. The number of rotatable bonds is 1. The molecular formula is C5H9F3O2. The van der Waals surface area contributed by atoms with Gasteiger partial charge in [0.15, 0.2) is 0 Å². The van der Waals surface area contributed by atoms with Gasteiger partial charge < -0.3 is 4.74 Å². The van der Waals surface area contributed by atoms with Crippen LogP contribution in [-0.4, -0.2) is 19.3 Å². The summed E-state index contributed by atoms with van der Waals surface area (Å²) in [6.45, 7) is 0. The van der Waals surface area contributed by atoms with Gasteiger partial charge in [-0.15, -0.1) is 0 Å². The molecule has 2 nitrogen and oxygen atoms in total. The Kier molecular flexibility index (Phi) is 4.96. The maximum Gasteiger partial charge on any atom is 0.399 e. The molecule has 0 bridgehead atoms. The monoisotopic (exact) mass is 158 g/mol. The van der Waals surface area contributed by atoms with Crippen molar-refractivity contribution in [1.82, 2.24) is 0 Å². The summed E-state index contributed by atoms with van der Waals surface area (Å²) in [5.74, 6) is -1.26. The maximum absolute atomic E-state index is 11.2. The van der Waals surface area contributed by atoms with Crippen LogP contribution < -0.4 is 0 Å². The quantitative estimate of drug-likeness (QED) is 0.543. The molecule has 0 fully saturated rings. The summed E-state index contributed by atoms with van der Waals surface area (Å²) in [6, 6.07) is 0. The van der Waals surface area contributed by atoms with Crippen molar-refractivity contribution in [2.24, 2.45) is 0 Å². The standard InChI is InChI=1S/C4H5F3O2.CH4/c1-9-3(8)2-4(5,6)7;/h2H2,1H3;1H4. The van der Waals surface area contributed by atoms with Gasteiger partial charge in [0.2, 0.25) is 0 Å². The average Bonchev–Trinajstić information content (AvgIpc) is 1.62. The topological polar surface area (TPSA) is 26.3 Å². The lowest BCUT2D eigenvalue weighted by molar-refractivity contribution is -0.168. The molecule has 0 aliphatic rings. The molecule has 0 saturated heterocycles. The Morgan fingerprint density at radius 3 is 2.00 bits per heavy atom. The molecule has 0 radical (unpaired) electrons. The second-order valence-electron chi connectivity index (χ2n) is 1.37. The third-order valence-corrected chi connectivity index (χ3v) is 0.572. The number of ether oxygens (including phenoxy) is 1. The van der Waals surface area contributed by atoms with Crippen LogP contribution in [0.25, 0.3) is 0 Å². The van der Waals surface area contributed by atoms with E-state index in [4.69, 9.17) is 0 Å². The number of methoxy groups -OCH3 is 1. The molecule has 10 heavy (non-hydrogen) atoms. The molecule has 5 heteroatoms. The first-order valence-electron chi connectivity index (χ1n) is 2.09. The Hall–Kier alpha value is -0.740. The molecule has 0 aromatic carbocycles. The molecule has 0 amide bonds. The van der Waals surface area contributed by atoms with Crippen LogP contribution in [0.1, 0.15) is 13.8 Å². The van der Waals surface area contributed by atoms with E-state index >= 15 is 0 Å². The Balaban J connectivity index is 0. The fourth-order valence-electron chi connectivity index (χ4n) is 0.236. The fraction of sp³-hybridized carbons (Fsp3) is 0.800. The second-order valence-corrected chi connectivity index (χ2v) is 1.37. The number of carbonyl (C=O) groups excluding carboxylic acids is 1. The molecule has 0 aliphatic heterocycles. The van der Waals surface area contributed by atoms with Crippen LogP contribution in [0, 0.1) is 0 Å². The van der Waals surface area contributed by atoms with Gasteiger partial charge in [-0.25, -0.2) is 0 Å². The van der Waals surface area contributed by atoms with Crippen molar-refractivity contribution in [1.29, 1.82) is 0 Å². The zero-order chi connectivity index (χ0) is 7.49. The zero-order valence-electron chi connectivity index (χ0n) is 4.66. The predicted molar refractivity (Wildman–Crippen MR) is 29.4 cm³/mol. The van der Waals surface area contributed by atoms with Gasteiger partial charge in [-0.3, -0.25) is 4.79 Å². The van der Waals surface area contributed by atoms with Crippen LogP contribution >= 0.6 is 0 Å². The summed E-state index contributed by atoms with van der Waals surface area (Å²) in [6.07, 6.45) is -5.96. The minimum Gasteiger partial charge on any atom is -0.469 e. The number of hydrogen-bond donors (Lipinski definition) is 0. The number of esters is 1. The van der Waals surface area contributed by atoms with Crippen molar-refractivity contribution in [2.75, 3.05) is 7.11 Å². The van der Waals surface area contributed by atoms with Crippen molar-refractivity contribution >= 4 is 5.97 Å². The van der Waals surface area contributed by atoms with Gasteiger partial charge in [0.05, 0.1) is 7.11 Å². The highest BCUT2D eigenvalue weighted by Gasteiger charge is 2.31. The second kappa shape index (κ2) is 4.14. The molecule has 0 spiro atoms. The highest BCUT2D eigenvalue weighted by atomic mass is 19.4. The van der Waals surface area contributed by atoms with Crippen LogP contribution in [0.5, 0.6) is 0 Å². The SMILES string of the molecule is C.COC(=O)CC(F)(F)F. The number of alkyl halides is 3. The van der Waals surface area contributed by atoms with E-state index in [0.717, 1.165) is 7.11 Å². The van der Waals surface area contributed by atoms with Crippen molar-refractivity contribution in [2.45, 2.75) is 20.0 Å². The van der Waals surface area contributed by atoms with E-state index in [-0.39, 0.29) is 7.43 Å². The summed E-state index contributed by atoms with van der Waals surface area (Å²) >= 11 is 0. The summed E-state index contributed by atoms with van der Waals surface area (Å²) in [7, 11) is 0.911. The van der Waals surface area contributed by atoms with Crippen molar-refractivity contribution < 1.29 is 22.7 Å². The Morgan fingerprint density at radius 2 is 1.90 bits per heavy atom. The normalized spacial score (nSPS) is 10.0. The first-order chi connectivity index (χ1) is 3.95. The van der Waals surface area contributed by atoms with Crippen LogP contribution in [0.2, 0.25) is 0 Å². The lowest BCUT2D eigenvalue weighted by atomic mass is 10.4. The van der Waals surface area contributed by atoms with Gasteiger partial charge in [-0.2, -0.15) is 13.2 Å². The van der Waals surface area contributed by atoms with Crippen LogP contribution in [-0.2, 0) is 9.53 Å². The van der Waals surface area contributed by atoms with E-state index < -0.39 is 18.6 Å². The van der Waals surface area contributed by atoms with Crippen LogP contribution in [0.3, 0.4) is 0 Å².